The molecule has 1 heterocycles. The molecule has 0 radical (unpaired) electrons. The average molecular weight is 305 g/mol. The number of nitrogens with one attached hydrogen (secondary N) is 1. The number of hydrogen-bond acceptors (Lipinski definition) is 3. The number of halogens is 1. The maximum Gasteiger partial charge on any atom is 0.0701 e. The van der Waals surface area contributed by atoms with Gasteiger partial charge in [-0.3, -0.25) is 0 Å². The minimum atomic E-state index is 0.600. The minimum absolute atomic E-state index is 0.600. The molecule has 0 bridgehead atoms. The molecular weight excluding hydrogens is 284 g/mol. The highest BCUT2D eigenvalue weighted by atomic mass is 79.9. The Labute approximate surface area is 111 Å². The lowest BCUT2D eigenvalue weighted by Crippen LogP contribution is -2.41. The van der Waals surface area contributed by atoms with Gasteiger partial charge >= 0.3 is 0 Å². The van der Waals surface area contributed by atoms with Gasteiger partial charge in [0, 0.05) is 24.0 Å². The summed E-state index contributed by atoms with van der Waals surface area (Å²) in [7, 11) is 4.29. The Morgan fingerprint density at radius 2 is 2.06 bits per heavy atom. The Morgan fingerprint density at radius 1 is 1.38 bits per heavy atom. The van der Waals surface area contributed by atoms with E-state index < -0.39 is 0 Å². The SMILES string of the molecule is CC(C)C(CNCc1ccc(Br)s1)N(C)C. The van der Waals surface area contributed by atoms with Gasteiger partial charge in [0.1, 0.15) is 0 Å². The highest BCUT2D eigenvalue weighted by molar-refractivity contribution is 9.11. The number of thiophene rings is 1. The highest BCUT2D eigenvalue weighted by Gasteiger charge is 2.14. The van der Waals surface area contributed by atoms with E-state index in [1.165, 1.54) is 8.66 Å². The van der Waals surface area contributed by atoms with Gasteiger partial charge in [-0.2, -0.15) is 0 Å². The van der Waals surface area contributed by atoms with E-state index in [0.29, 0.717) is 12.0 Å². The van der Waals surface area contributed by atoms with E-state index in [-0.39, 0.29) is 0 Å². The van der Waals surface area contributed by atoms with Gasteiger partial charge in [-0.15, -0.1) is 11.3 Å². The fourth-order valence-corrected chi connectivity index (χ4v) is 3.26. The summed E-state index contributed by atoms with van der Waals surface area (Å²) in [5, 5.41) is 3.53. The predicted octanol–water partition coefficient (Wildman–Crippen LogP) is 3.19. The van der Waals surface area contributed by atoms with Crippen LogP contribution in [-0.4, -0.2) is 31.6 Å². The Hall–Kier alpha value is 0.1000. The highest BCUT2D eigenvalue weighted by Crippen LogP contribution is 2.21. The molecule has 4 heteroatoms. The van der Waals surface area contributed by atoms with Crippen molar-refractivity contribution >= 4 is 27.3 Å². The summed E-state index contributed by atoms with van der Waals surface area (Å²) in [5.41, 5.74) is 0. The van der Waals surface area contributed by atoms with Gasteiger partial charge in [-0.1, -0.05) is 13.8 Å². The van der Waals surface area contributed by atoms with Gasteiger partial charge in [0.05, 0.1) is 3.79 Å². The molecule has 0 aliphatic heterocycles. The third-order valence-corrected chi connectivity index (χ3v) is 4.34. The standard InChI is InChI=1S/C12H21BrN2S/c1-9(2)11(15(3)4)8-14-7-10-5-6-12(13)16-10/h5-6,9,11,14H,7-8H2,1-4H3. The summed E-state index contributed by atoms with van der Waals surface area (Å²) >= 11 is 5.28. The molecule has 0 spiro atoms. The Balaban J connectivity index is 2.33. The predicted molar refractivity (Wildman–Crippen MR) is 76.0 cm³/mol. The fraction of sp³-hybridized carbons (Fsp3) is 0.667. The van der Waals surface area contributed by atoms with Crippen molar-refractivity contribution in [2.75, 3.05) is 20.6 Å². The van der Waals surface area contributed by atoms with Crippen LogP contribution >= 0.6 is 27.3 Å². The maximum absolute atomic E-state index is 3.53. The molecule has 1 rings (SSSR count). The summed E-state index contributed by atoms with van der Waals surface area (Å²) in [6, 6.07) is 4.87. The molecule has 1 N–H and O–H groups in total. The van der Waals surface area contributed by atoms with Crippen molar-refractivity contribution in [3.63, 3.8) is 0 Å². The van der Waals surface area contributed by atoms with E-state index in [1.807, 2.05) is 0 Å². The van der Waals surface area contributed by atoms with Crippen molar-refractivity contribution in [2.24, 2.45) is 5.92 Å². The summed E-state index contributed by atoms with van der Waals surface area (Å²) in [6.07, 6.45) is 0. The third kappa shape index (κ3) is 4.53. The van der Waals surface area contributed by atoms with Crippen LogP contribution in [0.25, 0.3) is 0 Å². The molecule has 1 unspecified atom stereocenters. The fourth-order valence-electron chi connectivity index (χ4n) is 1.80. The van der Waals surface area contributed by atoms with E-state index in [1.54, 1.807) is 11.3 Å². The van der Waals surface area contributed by atoms with Crippen LogP contribution in [-0.2, 0) is 6.54 Å². The van der Waals surface area contributed by atoms with Crippen LogP contribution < -0.4 is 5.32 Å². The minimum Gasteiger partial charge on any atom is -0.310 e. The van der Waals surface area contributed by atoms with E-state index in [9.17, 15) is 0 Å². The Morgan fingerprint density at radius 3 is 2.50 bits per heavy atom. The molecule has 1 atom stereocenters. The molecule has 0 fully saturated rings. The third-order valence-electron chi connectivity index (χ3n) is 2.71. The summed E-state index contributed by atoms with van der Waals surface area (Å²) in [6.45, 7) is 6.55. The lowest BCUT2D eigenvalue weighted by atomic mass is 10.0. The molecule has 0 aliphatic carbocycles. The molecule has 0 saturated carbocycles. The molecule has 1 aromatic rings. The van der Waals surface area contributed by atoms with Crippen molar-refractivity contribution in [3.05, 3.63) is 20.8 Å². The first-order valence-corrected chi connectivity index (χ1v) is 7.23. The molecule has 0 aliphatic rings. The van der Waals surface area contributed by atoms with Crippen LogP contribution in [0, 0.1) is 5.92 Å². The normalized spacial score (nSPS) is 13.7. The van der Waals surface area contributed by atoms with Crippen LogP contribution in [0.4, 0.5) is 0 Å². The second-order valence-corrected chi connectivity index (χ2v) is 7.16. The second kappa shape index (κ2) is 6.74. The topological polar surface area (TPSA) is 15.3 Å². The molecule has 0 aromatic carbocycles. The molecule has 1 aromatic heterocycles. The van der Waals surface area contributed by atoms with E-state index in [0.717, 1.165) is 13.1 Å². The number of likely N-dealkylation sites (N-methyl/N-ethyl adjacent to an activating group) is 1. The first kappa shape index (κ1) is 14.2. The smallest absolute Gasteiger partial charge is 0.0701 e. The van der Waals surface area contributed by atoms with Crippen LogP contribution in [0.15, 0.2) is 15.9 Å². The number of nitrogens with zero attached hydrogens (tertiary/aromatic N) is 1. The van der Waals surface area contributed by atoms with Crippen LogP contribution in [0.5, 0.6) is 0 Å². The molecule has 0 amide bonds. The lowest BCUT2D eigenvalue weighted by Gasteiger charge is -2.28. The van der Waals surface area contributed by atoms with Gasteiger partial charge in [0.15, 0.2) is 0 Å². The van der Waals surface area contributed by atoms with Gasteiger partial charge in [0.25, 0.3) is 0 Å². The zero-order valence-corrected chi connectivity index (χ0v) is 12.9. The van der Waals surface area contributed by atoms with E-state index in [2.05, 4.69) is 66.2 Å². The molecule has 2 nitrogen and oxygen atoms in total. The number of rotatable bonds is 6. The van der Waals surface area contributed by atoms with E-state index >= 15 is 0 Å². The van der Waals surface area contributed by atoms with Crippen LogP contribution in [0.1, 0.15) is 18.7 Å². The molecule has 16 heavy (non-hydrogen) atoms. The van der Waals surface area contributed by atoms with Crippen LogP contribution in [0.2, 0.25) is 0 Å². The molecule has 0 saturated heterocycles. The largest absolute Gasteiger partial charge is 0.310 e. The first-order valence-electron chi connectivity index (χ1n) is 5.62. The quantitative estimate of drug-likeness (QED) is 0.868. The zero-order valence-electron chi connectivity index (χ0n) is 10.5. The molecular formula is C12H21BrN2S. The number of hydrogen-bond donors (Lipinski definition) is 1. The van der Waals surface area contributed by atoms with Crippen molar-refractivity contribution in [3.8, 4) is 0 Å². The van der Waals surface area contributed by atoms with Gasteiger partial charge in [-0.05, 0) is 48.1 Å². The second-order valence-electron chi connectivity index (χ2n) is 4.61. The Bertz CT molecular complexity index is 302. The monoisotopic (exact) mass is 304 g/mol. The van der Waals surface area contributed by atoms with E-state index in [4.69, 9.17) is 0 Å². The van der Waals surface area contributed by atoms with Gasteiger partial charge < -0.3 is 10.2 Å². The first-order chi connectivity index (χ1) is 7.50. The summed E-state index contributed by atoms with van der Waals surface area (Å²) in [5.74, 6) is 0.678. The molecule has 92 valence electrons. The van der Waals surface area contributed by atoms with Crippen molar-refractivity contribution in [1.82, 2.24) is 10.2 Å². The zero-order chi connectivity index (χ0) is 12.1. The average Bonchev–Trinajstić information content (AvgIpc) is 2.57. The Kier molecular flexibility index (Phi) is 5.97. The van der Waals surface area contributed by atoms with Crippen LogP contribution in [0.3, 0.4) is 0 Å². The van der Waals surface area contributed by atoms with Gasteiger partial charge in [0.2, 0.25) is 0 Å². The van der Waals surface area contributed by atoms with Crippen molar-refractivity contribution in [1.29, 1.82) is 0 Å². The van der Waals surface area contributed by atoms with Crippen molar-refractivity contribution in [2.45, 2.75) is 26.4 Å². The summed E-state index contributed by atoms with van der Waals surface area (Å²) < 4.78 is 1.21. The maximum atomic E-state index is 3.53. The van der Waals surface area contributed by atoms with Crippen molar-refractivity contribution < 1.29 is 0 Å². The van der Waals surface area contributed by atoms with Gasteiger partial charge in [-0.25, -0.2) is 0 Å². The lowest BCUT2D eigenvalue weighted by molar-refractivity contribution is 0.224. The summed E-state index contributed by atoms with van der Waals surface area (Å²) in [4.78, 5) is 3.68.